The number of phenols is 1. The number of para-hydroxylation sites is 1. The predicted octanol–water partition coefficient (Wildman–Crippen LogP) is 5.49. The minimum absolute atomic E-state index is 0. The van der Waals surface area contributed by atoms with Gasteiger partial charge in [-0.1, -0.05) is 63.4 Å². The Hall–Kier alpha value is -6.51. The first kappa shape index (κ1) is 47.0. The lowest BCUT2D eigenvalue weighted by Gasteiger charge is -2.35. The van der Waals surface area contributed by atoms with Gasteiger partial charge in [0.15, 0.2) is 5.78 Å². The molecule has 3 saturated heterocycles. The second-order valence-corrected chi connectivity index (χ2v) is 16.8. The average molecular weight is 876 g/mol. The van der Waals surface area contributed by atoms with E-state index in [-0.39, 0.29) is 54.7 Å². The van der Waals surface area contributed by atoms with Gasteiger partial charge in [0.1, 0.15) is 11.8 Å². The number of benzene rings is 3. The fourth-order valence-corrected chi connectivity index (χ4v) is 8.99. The van der Waals surface area contributed by atoms with E-state index >= 15 is 0 Å². The molecule has 3 aromatic carbocycles. The van der Waals surface area contributed by atoms with Crippen molar-refractivity contribution >= 4 is 52.6 Å². The van der Waals surface area contributed by atoms with Gasteiger partial charge in [-0.25, -0.2) is 0 Å². The number of imide groups is 2. The van der Waals surface area contributed by atoms with E-state index in [2.05, 4.69) is 55.3 Å². The van der Waals surface area contributed by atoms with Gasteiger partial charge >= 0.3 is 0 Å². The summed E-state index contributed by atoms with van der Waals surface area (Å²) in [6.07, 6.45) is 12.2. The molecule has 3 atom stereocenters. The van der Waals surface area contributed by atoms with Crippen LogP contribution in [0.5, 0.6) is 5.75 Å². The number of nitrogens with zero attached hydrogens (tertiary/aromatic N) is 3. The van der Waals surface area contributed by atoms with Crippen molar-refractivity contribution in [2.24, 2.45) is 0 Å². The van der Waals surface area contributed by atoms with Crippen LogP contribution < -0.4 is 26.2 Å². The zero-order chi connectivity index (χ0) is 44.3. The summed E-state index contributed by atoms with van der Waals surface area (Å²) in [4.78, 5) is 93.2. The Morgan fingerprint density at radius 1 is 0.750 bits per heavy atom. The Labute approximate surface area is 375 Å². The lowest BCUT2D eigenvalue weighted by atomic mass is 10.0. The number of ketones is 1. The van der Waals surface area contributed by atoms with E-state index in [0.717, 1.165) is 68.5 Å². The van der Waals surface area contributed by atoms with E-state index in [1.807, 2.05) is 6.20 Å². The number of amides is 6. The van der Waals surface area contributed by atoms with Crippen molar-refractivity contribution in [1.82, 2.24) is 25.8 Å². The maximum Gasteiger partial charge on any atom is 0.264 e. The zero-order valence-corrected chi connectivity index (χ0v) is 35.6. The molecule has 15 nitrogen and oxygen atoms in total. The zero-order valence-electron chi connectivity index (χ0n) is 35.6. The number of hydrogen-bond donors (Lipinski definition) is 5. The van der Waals surface area contributed by atoms with Crippen molar-refractivity contribution in [2.75, 3.05) is 42.9 Å². The minimum atomic E-state index is -0.995. The molecule has 340 valence electrons. The van der Waals surface area contributed by atoms with Crippen LogP contribution in [0.15, 0.2) is 79.0 Å². The maximum absolute atomic E-state index is 13.3. The molecule has 0 radical (unpaired) electrons. The topological polar surface area (TPSA) is 198 Å². The van der Waals surface area contributed by atoms with Gasteiger partial charge in [0.25, 0.3) is 11.8 Å². The van der Waals surface area contributed by atoms with Crippen LogP contribution in [0.25, 0.3) is 0 Å². The summed E-state index contributed by atoms with van der Waals surface area (Å²) in [5, 5.41) is 21.4. The van der Waals surface area contributed by atoms with Crippen molar-refractivity contribution in [3.63, 3.8) is 0 Å². The molecule has 4 aliphatic heterocycles. The smallest absolute Gasteiger partial charge is 0.264 e. The largest absolute Gasteiger partial charge is 0.507 e. The molecule has 0 aromatic heterocycles. The van der Waals surface area contributed by atoms with Crippen LogP contribution in [0.2, 0.25) is 0 Å². The number of aromatic hydroxyl groups is 1. The maximum atomic E-state index is 13.3. The van der Waals surface area contributed by atoms with Crippen LogP contribution in [0.4, 0.5) is 11.4 Å². The predicted molar refractivity (Wildman–Crippen MR) is 244 cm³/mol. The highest BCUT2D eigenvalue weighted by Crippen LogP contribution is 2.35. The summed E-state index contributed by atoms with van der Waals surface area (Å²) >= 11 is 0. The van der Waals surface area contributed by atoms with E-state index in [1.165, 1.54) is 11.8 Å². The first-order valence-corrected chi connectivity index (χ1v) is 22.3. The fourth-order valence-electron chi connectivity index (χ4n) is 8.99. The number of anilines is 2. The average Bonchev–Trinajstić information content (AvgIpc) is 3.95. The summed E-state index contributed by atoms with van der Waals surface area (Å²) in [5.74, 6) is -2.40. The second kappa shape index (κ2) is 22.2. The van der Waals surface area contributed by atoms with Crippen molar-refractivity contribution in [3.05, 3.63) is 101 Å². The lowest BCUT2D eigenvalue weighted by molar-refractivity contribution is -0.136. The molecule has 0 spiro atoms. The van der Waals surface area contributed by atoms with Crippen LogP contribution in [0.1, 0.15) is 121 Å². The van der Waals surface area contributed by atoms with Crippen molar-refractivity contribution in [3.8, 4) is 5.75 Å². The summed E-state index contributed by atoms with van der Waals surface area (Å²) in [6.45, 7) is 3.47. The highest BCUT2D eigenvalue weighted by molar-refractivity contribution is 6.25. The number of carbonyl (C=O) groups excluding carboxylic acids is 7. The molecular weight excluding hydrogens is 815 g/mol. The standard InChI is InChI=1S/C48H57N7O8.CH4/c56-40-14-6-5-11-36(40)41(57)24-28-53-30-35-29-34(53)31-54(35)33-19-17-32(18-20-33)23-27-51-43(59)16-10-15-42(58)50-26-8-4-2-1-3-7-25-49-38-13-9-12-37-45(38)48(63)55(47(37)62)39-21-22-44(60)52-46(39)61;/h5-6,9,11-14,17-20,24,28,34-35,39,49,56H,1-4,7-8,10,15-16,21-23,25-27,29-31H2,(H,50,58)(H,51,59)(H,52,60,61);1H4/b28-24+;/t34-,35-,39?;/m0./s1. The van der Waals surface area contributed by atoms with Gasteiger partial charge in [-0.3, -0.25) is 43.8 Å². The number of piperazine rings is 1. The Kier molecular flexibility index (Phi) is 16.3. The fraction of sp³-hybridized carbons (Fsp3) is 0.449. The molecule has 0 saturated carbocycles. The van der Waals surface area contributed by atoms with Crippen LogP contribution >= 0.6 is 0 Å². The molecule has 2 bridgehead atoms. The van der Waals surface area contributed by atoms with Crippen LogP contribution in [-0.2, 0) is 25.6 Å². The van der Waals surface area contributed by atoms with Gasteiger partial charge in [0.2, 0.25) is 23.6 Å². The Morgan fingerprint density at radius 2 is 1.45 bits per heavy atom. The normalized spacial score (nSPS) is 18.9. The molecule has 7 rings (SSSR count). The lowest BCUT2D eigenvalue weighted by Crippen LogP contribution is -2.54. The Balaban J connectivity index is 0.00000680. The second-order valence-electron chi connectivity index (χ2n) is 16.8. The molecule has 6 amide bonds. The first-order chi connectivity index (χ1) is 30.6. The van der Waals surface area contributed by atoms with E-state index in [0.29, 0.717) is 68.7 Å². The highest BCUT2D eigenvalue weighted by atomic mass is 16.3. The van der Waals surface area contributed by atoms with Crippen LogP contribution in [0.3, 0.4) is 0 Å². The quantitative estimate of drug-likeness (QED) is 0.0371. The molecule has 1 unspecified atom stereocenters. The Bertz CT molecular complexity index is 2230. The molecular formula is C49H61N7O8. The molecule has 3 aromatic rings. The summed E-state index contributed by atoms with van der Waals surface area (Å²) in [6, 6.07) is 19.8. The number of hydrogen-bond acceptors (Lipinski definition) is 11. The molecule has 64 heavy (non-hydrogen) atoms. The van der Waals surface area contributed by atoms with Gasteiger partial charge in [-0.2, -0.15) is 0 Å². The monoisotopic (exact) mass is 875 g/mol. The third-order valence-corrected chi connectivity index (χ3v) is 12.4. The Morgan fingerprint density at radius 3 is 2.16 bits per heavy atom. The van der Waals surface area contributed by atoms with Gasteiger partial charge in [-0.15, -0.1) is 0 Å². The first-order valence-electron chi connectivity index (χ1n) is 22.3. The summed E-state index contributed by atoms with van der Waals surface area (Å²) < 4.78 is 0. The summed E-state index contributed by atoms with van der Waals surface area (Å²) in [5.41, 5.74) is 3.69. The molecule has 3 fully saturated rings. The summed E-state index contributed by atoms with van der Waals surface area (Å²) in [7, 11) is 0. The number of phenolic OH excluding ortho intramolecular Hbond substituents is 1. The van der Waals surface area contributed by atoms with Crippen molar-refractivity contribution in [2.45, 2.75) is 109 Å². The number of rotatable bonds is 22. The van der Waals surface area contributed by atoms with Crippen molar-refractivity contribution < 1.29 is 38.7 Å². The molecule has 15 heteroatoms. The van der Waals surface area contributed by atoms with E-state index in [4.69, 9.17) is 0 Å². The number of likely N-dealkylation sites (tertiary alicyclic amines) is 1. The highest BCUT2D eigenvalue weighted by Gasteiger charge is 2.46. The van der Waals surface area contributed by atoms with Gasteiger partial charge in [-0.05, 0) is 80.5 Å². The number of nitrogens with one attached hydrogen (secondary N) is 4. The number of unbranched alkanes of at least 4 members (excludes halogenated alkanes) is 5. The minimum Gasteiger partial charge on any atom is -0.507 e. The van der Waals surface area contributed by atoms with Crippen molar-refractivity contribution in [1.29, 1.82) is 0 Å². The van der Waals surface area contributed by atoms with E-state index < -0.39 is 29.7 Å². The number of fused-ring (bicyclic) bond motifs is 3. The molecule has 4 aliphatic rings. The third kappa shape index (κ3) is 11.5. The third-order valence-electron chi connectivity index (χ3n) is 12.4. The molecule has 0 aliphatic carbocycles. The number of carbonyl (C=O) groups is 7. The van der Waals surface area contributed by atoms with Gasteiger partial charge in [0, 0.05) is 87.7 Å². The van der Waals surface area contributed by atoms with Gasteiger partial charge < -0.3 is 30.9 Å². The SMILES string of the molecule is C.O=C(CCCC(=O)NCCc1ccc(N2C[C@@H]3C[C@H]2CN3/C=C/C(=O)c2ccccc2O)cc1)NCCCCCCCCNc1cccc2c1C(=O)N(C1CCC(=O)NC1=O)C2=O. The van der Waals surface area contributed by atoms with Crippen LogP contribution in [0, 0.1) is 0 Å². The van der Waals surface area contributed by atoms with Gasteiger partial charge in [0.05, 0.1) is 16.7 Å². The molecule has 4 heterocycles. The van der Waals surface area contributed by atoms with E-state index in [9.17, 15) is 38.7 Å². The number of piperidine rings is 1. The van der Waals surface area contributed by atoms with E-state index in [1.54, 1.807) is 42.5 Å². The van der Waals surface area contributed by atoms with Crippen LogP contribution in [-0.4, -0.2) is 107 Å². The number of allylic oxidation sites excluding steroid dienone is 1. The molecule has 5 N–H and O–H groups in total.